The number of aromatic nitrogens is 2. The summed E-state index contributed by atoms with van der Waals surface area (Å²) in [5.41, 5.74) is 12.7. The number of nitrogens with two attached hydrogens (primary N) is 1. The summed E-state index contributed by atoms with van der Waals surface area (Å²) in [4.78, 5) is 4.68. The van der Waals surface area contributed by atoms with E-state index in [-0.39, 0.29) is 0 Å². The number of hydrogen-bond donors (Lipinski definition) is 1. The van der Waals surface area contributed by atoms with Gasteiger partial charge in [-0.25, -0.2) is 4.98 Å². The van der Waals surface area contributed by atoms with Crippen LogP contribution in [0.4, 0.5) is 5.69 Å². The van der Waals surface area contributed by atoms with E-state index < -0.39 is 0 Å². The van der Waals surface area contributed by atoms with Gasteiger partial charge in [-0.1, -0.05) is 12.1 Å². The third-order valence-corrected chi connectivity index (χ3v) is 4.12. The van der Waals surface area contributed by atoms with Crippen LogP contribution in [-0.2, 0) is 12.8 Å². The molecule has 3 nitrogen and oxygen atoms in total. The van der Waals surface area contributed by atoms with E-state index in [1.807, 2.05) is 22.7 Å². The van der Waals surface area contributed by atoms with Gasteiger partial charge < -0.3 is 10.1 Å². The highest BCUT2D eigenvalue weighted by Crippen LogP contribution is 2.27. The SMILES string of the molecule is Nc1ccc2nc(-c3ccc4c(c3)CCCC4)cn2c1. The topological polar surface area (TPSA) is 43.3 Å². The molecule has 0 saturated heterocycles. The Balaban J connectivity index is 1.82. The molecule has 0 bridgehead atoms. The van der Waals surface area contributed by atoms with Crippen molar-refractivity contribution < 1.29 is 0 Å². The zero-order chi connectivity index (χ0) is 13.5. The summed E-state index contributed by atoms with van der Waals surface area (Å²) in [5.74, 6) is 0. The first-order chi connectivity index (χ1) is 9.79. The van der Waals surface area contributed by atoms with Crippen LogP contribution in [-0.4, -0.2) is 9.38 Å². The lowest BCUT2D eigenvalue weighted by Crippen LogP contribution is -2.02. The van der Waals surface area contributed by atoms with Gasteiger partial charge in [-0.3, -0.25) is 0 Å². The van der Waals surface area contributed by atoms with Gasteiger partial charge in [0.2, 0.25) is 0 Å². The number of imidazole rings is 1. The summed E-state index contributed by atoms with van der Waals surface area (Å²) in [5, 5.41) is 0. The number of nitrogen functional groups attached to an aromatic ring is 1. The lowest BCUT2D eigenvalue weighted by molar-refractivity contribution is 0.686. The minimum absolute atomic E-state index is 0.756. The summed E-state index contributed by atoms with van der Waals surface area (Å²) >= 11 is 0. The molecule has 0 saturated carbocycles. The first-order valence-electron chi connectivity index (χ1n) is 7.16. The summed E-state index contributed by atoms with van der Waals surface area (Å²) < 4.78 is 1.99. The van der Waals surface area contributed by atoms with Crippen LogP contribution >= 0.6 is 0 Å². The standard InChI is InChI=1S/C17H17N3/c18-15-7-8-17-19-16(11-20(17)10-15)14-6-5-12-3-1-2-4-13(12)9-14/h5-11H,1-4,18H2. The molecule has 0 radical (unpaired) electrons. The van der Waals surface area contributed by atoms with Gasteiger partial charge in [-0.15, -0.1) is 0 Å². The molecule has 2 N–H and O–H groups in total. The second-order valence-electron chi connectivity index (χ2n) is 5.54. The van der Waals surface area contributed by atoms with Crippen molar-refractivity contribution in [3.05, 3.63) is 53.9 Å². The van der Waals surface area contributed by atoms with Crippen LogP contribution in [0.25, 0.3) is 16.9 Å². The Labute approximate surface area is 118 Å². The van der Waals surface area contributed by atoms with Crippen molar-refractivity contribution in [2.45, 2.75) is 25.7 Å². The van der Waals surface area contributed by atoms with E-state index in [4.69, 9.17) is 5.73 Å². The number of rotatable bonds is 1. The predicted octanol–water partition coefficient (Wildman–Crippen LogP) is 3.46. The molecule has 20 heavy (non-hydrogen) atoms. The molecule has 1 aliphatic carbocycles. The molecular formula is C17H17N3. The van der Waals surface area contributed by atoms with Gasteiger partial charge in [0.25, 0.3) is 0 Å². The number of benzene rings is 1. The molecule has 3 heteroatoms. The number of pyridine rings is 1. The van der Waals surface area contributed by atoms with Crippen molar-refractivity contribution in [2.75, 3.05) is 5.73 Å². The molecule has 100 valence electrons. The lowest BCUT2D eigenvalue weighted by Gasteiger charge is -2.15. The molecule has 0 atom stereocenters. The molecule has 0 aliphatic heterocycles. The van der Waals surface area contributed by atoms with Crippen molar-refractivity contribution in [3.8, 4) is 11.3 Å². The fourth-order valence-corrected chi connectivity index (χ4v) is 3.04. The first kappa shape index (κ1) is 11.5. The third kappa shape index (κ3) is 1.86. The van der Waals surface area contributed by atoms with Crippen molar-refractivity contribution in [2.24, 2.45) is 0 Å². The summed E-state index contributed by atoms with van der Waals surface area (Å²) in [6, 6.07) is 10.6. The van der Waals surface area contributed by atoms with Crippen LogP contribution in [0.5, 0.6) is 0 Å². The van der Waals surface area contributed by atoms with Gasteiger partial charge in [0.05, 0.1) is 5.69 Å². The molecule has 0 spiro atoms. The molecular weight excluding hydrogens is 246 g/mol. The Kier molecular flexibility index (Phi) is 2.52. The Bertz CT molecular complexity index is 786. The average Bonchev–Trinajstić information content (AvgIpc) is 2.89. The normalized spacial score (nSPS) is 14.4. The smallest absolute Gasteiger partial charge is 0.137 e. The number of anilines is 1. The first-order valence-corrected chi connectivity index (χ1v) is 7.16. The van der Waals surface area contributed by atoms with Crippen LogP contribution in [0.2, 0.25) is 0 Å². The number of nitrogens with zero attached hydrogens (tertiary/aromatic N) is 2. The lowest BCUT2D eigenvalue weighted by atomic mass is 9.90. The van der Waals surface area contributed by atoms with Crippen LogP contribution in [0.3, 0.4) is 0 Å². The van der Waals surface area contributed by atoms with Crippen molar-refractivity contribution in [1.82, 2.24) is 9.38 Å². The molecule has 0 fully saturated rings. The summed E-state index contributed by atoms with van der Waals surface area (Å²) in [7, 11) is 0. The van der Waals surface area contributed by atoms with Crippen LogP contribution in [0, 0.1) is 0 Å². The number of aryl methyl sites for hydroxylation is 2. The largest absolute Gasteiger partial charge is 0.398 e. The van der Waals surface area contributed by atoms with E-state index >= 15 is 0 Å². The second-order valence-corrected chi connectivity index (χ2v) is 5.54. The Morgan fingerprint density at radius 2 is 1.80 bits per heavy atom. The molecule has 1 aliphatic rings. The van der Waals surface area contributed by atoms with Gasteiger partial charge in [-0.2, -0.15) is 0 Å². The predicted molar refractivity (Wildman–Crippen MR) is 81.7 cm³/mol. The Hall–Kier alpha value is -2.29. The van der Waals surface area contributed by atoms with E-state index in [9.17, 15) is 0 Å². The number of fused-ring (bicyclic) bond motifs is 2. The second kappa shape index (κ2) is 4.37. The maximum Gasteiger partial charge on any atom is 0.137 e. The van der Waals surface area contributed by atoms with E-state index in [2.05, 4.69) is 29.4 Å². The van der Waals surface area contributed by atoms with Gasteiger partial charge in [-0.05, 0) is 55.0 Å². The van der Waals surface area contributed by atoms with Crippen molar-refractivity contribution in [3.63, 3.8) is 0 Å². The summed E-state index contributed by atoms with van der Waals surface area (Å²) in [6.07, 6.45) is 9.00. The van der Waals surface area contributed by atoms with Crippen LogP contribution in [0.1, 0.15) is 24.0 Å². The fraction of sp³-hybridized carbons (Fsp3) is 0.235. The van der Waals surface area contributed by atoms with Gasteiger partial charge in [0.15, 0.2) is 0 Å². The Morgan fingerprint density at radius 3 is 2.70 bits per heavy atom. The van der Waals surface area contributed by atoms with Gasteiger partial charge >= 0.3 is 0 Å². The Morgan fingerprint density at radius 1 is 0.950 bits per heavy atom. The zero-order valence-electron chi connectivity index (χ0n) is 11.3. The molecule has 2 aromatic heterocycles. The van der Waals surface area contributed by atoms with Gasteiger partial charge in [0, 0.05) is 23.6 Å². The van der Waals surface area contributed by atoms with E-state index in [1.165, 1.54) is 42.4 Å². The van der Waals surface area contributed by atoms with Gasteiger partial charge in [0.1, 0.15) is 5.65 Å². The van der Waals surface area contributed by atoms with Crippen LogP contribution < -0.4 is 5.73 Å². The zero-order valence-corrected chi connectivity index (χ0v) is 11.3. The molecule has 4 rings (SSSR count). The van der Waals surface area contributed by atoms with E-state index in [1.54, 1.807) is 0 Å². The highest BCUT2D eigenvalue weighted by molar-refractivity contribution is 5.65. The van der Waals surface area contributed by atoms with E-state index in [0.717, 1.165) is 17.0 Å². The molecule has 1 aromatic carbocycles. The summed E-state index contributed by atoms with van der Waals surface area (Å²) in [6.45, 7) is 0. The van der Waals surface area contributed by atoms with Crippen LogP contribution in [0.15, 0.2) is 42.7 Å². The fourth-order valence-electron chi connectivity index (χ4n) is 3.04. The quantitative estimate of drug-likeness (QED) is 0.730. The van der Waals surface area contributed by atoms with Crippen molar-refractivity contribution in [1.29, 1.82) is 0 Å². The monoisotopic (exact) mass is 263 g/mol. The highest BCUT2D eigenvalue weighted by atomic mass is 15.0. The number of hydrogen-bond acceptors (Lipinski definition) is 2. The maximum atomic E-state index is 5.81. The minimum Gasteiger partial charge on any atom is -0.398 e. The molecule has 0 unspecified atom stereocenters. The average molecular weight is 263 g/mol. The van der Waals surface area contributed by atoms with Crippen molar-refractivity contribution >= 4 is 11.3 Å². The molecule has 2 heterocycles. The minimum atomic E-state index is 0.756. The molecule has 3 aromatic rings. The molecule has 0 amide bonds. The van der Waals surface area contributed by atoms with E-state index in [0.29, 0.717) is 0 Å². The highest BCUT2D eigenvalue weighted by Gasteiger charge is 2.11. The third-order valence-electron chi connectivity index (χ3n) is 4.12. The maximum absolute atomic E-state index is 5.81.